The van der Waals surface area contributed by atoms with Crippen LogP contribution in [0.4, 0.5) is 0 Å². The van der Waals surface area contributed by atoms with Crippen LogP contribution in [0.1, 0.15) is 106 Å². The number of benzene rings is 4. The number of ether oxygens (including phenoxy) is 28. The normalized spacial score (nSPS) is 12.7. The smallest absolute Gasteiger partial charge is 0.329 e. The van der Waals surface area contributed by atoms with Crippen LogP contribution in [-0.2, 0) is 137 Å². The maximum Gasteiger partial charge on any atom is 0.329 e. The molecule has 0 bridgehead atoms. The number of carboxylic acid groups (broad SMARTS) is 2. The molecular formula is C93H153N2O43P3. The highest BCUT2D eigenvalue weighted by Crippen LogP contribution is 2.46. The first-order chi connectivity index (χ1) is 67.1. The number of methoxy groups -OCH3 is 4. The third kappa shape index (κ3) is 63.1. The van der Waals surface area contributed by atoms with Gasteiger partial charge in [0.05, 0.1) is 280 Å². The molecule has 0 fully saturated rings. The number of carboxylic acids is 2. The predicted octanol–water partition coefficient (Wildman–Crippen LogP) is 7.46. The van der Waals surface area contributed by atoms with E-state index in [4.69, 9.17) is 143 Å². The summed E-state index contributed by atoms with van der Waals surface area (Å²) in [5.74, 6) is -1.82. The predicted molar refractivity (Wildman–Crippen MR) is 511 cm³/mol. The Hall–Kier alpha value is -7.19. The third-order valence-electron chi connectivity index (χ3n) is 19.1. The van der Waals surface area contributed by atoms with E-state index in [0.29, 0.717) is 70.8 Å². The largest absolute Gasteiger partial charge is 0.492 e. The van der Waals surface area contributed by atoms with Gasteiger partial charge in [0.25, 0.3) is 11.8 Å². The van der Waals surface area contributed by atoms with E-state index in [9.17, 15) is 62.2 Å². The molecule has 4 rings (SSSR count). The Morgan fingerprint density at radius 1 is 0.305 bits per heavy atom. The summed E-state index contributed by atoms with van der Waals surface area (Å²) in [6.45, 7) is 21.8. The minimum atomic E-state index is -4.60. The second-order valence-corrected chi connectivity index (χ2v) is 39.4. The average Bonchev–Trinajstić information content (AvgIpc) is 0.810. The van der Waals surface area contributed by atoms with Crippen LogP contribution in [-0.4, -0.2) is 393 Å². The number of nitrogens with one attached hydrogen (secondary N) is 2. The summed E-state index contributed by atoms with van der Waals surface area (Å²) in [6, 6.07) is 16.1. The van der Waals surface area contributed by atoms with Gasteiger partial charge < -0.3 is 183 Å². The van der Waals surface area contributed by atoms with Gasteiger partial charge in [0.1, 0.15) is 63.3 Å². The van der Waals surface area contributed by atoms with E-state index in [1.807, 2.05) is 55.4 Å². The van der Waals surface area contributed by atoms with Crippen LogP contribution in [0.5, 0.6) is 46.0 Å². The molecule has 4 aromatic rings. The van der Waals surface area contributed by atoms with Gasteiger partial charge in [-0.05, 0) is 92.9 Å². The summed E-state index contributed by atoms with van der Waals surface area (Å²) in [7, 11) is -7.25. The molecule has 0 aromatic heterocycles. The van der Waals surface area contributed by atoms with Crippen LogP contribution in [0.3, 0.4) is 0 Å². The summed E-state index contributed by atoms with van der Waals surface area (Å²) >= 11 is 0. The molecule has 0 saturated carbocycles. The molecule has 141 heavy (non-hydrogen) atoms. The second-order valence-electron chi connectivity index (χ2n) is 34.5. The van der Waals surface area contributed by atoms with Crippen molar-refractivity contribution in [2.75, 3.05) is 306 Å². The van der Waals surface area contributed by atoms with Crippen LogP contribution in [0.2, 0.25) is 0 Å². The van der Waals surface area contributed by atoms with Gasteiger partial charge in [0.2, 0.25) is 11.5 Å². The Morgan fingerprint density at radius 2 is 0.589 bits per heavy atom. The van der Waals surface area contributed by atoms with Crippen LogP contribution in [0.25, 0.3) is 0 Å². The first kappa shape index (κ1) is 126. The summed E-state index contributed by atoms with van der Waals surface area (Å²) in [6.07, 6.45) is -3.23. The summed E-state index contributed by atoms with van der Waals surface area (Å²) in [5.41, 5.74) is -2.15. The van der Waals surface area contributed by atoms with Gasteiger partial charge in [-0.3, -0.25) is 32.9 Å². The maximum absolute atomic E-state index is 14.1. The Morgan fingerprint density at radius 3 is 0.879 bits per heavy atom. The van der Waals surface area contributed by atoms with Crippen molar-refractivity contribution in [1.82, 2.24) is 10.6 Å². The number of hydrogen-bond donors (Lipinski definition) is 10. The fourth-order valence-electron chi connectivity index (χ4n) is 12.0. The SMILES string of the molecule is COCCOCCOCCOCCOc1cc(C(=O)NCCOc2ccc(CP(=O)(O)O)cc2)cc(OCCOCCOCCOCC(OC)C(COCCOCCOCCOc2cc(C(=O)NCCOc3cc(CP(=O)(O)O)cc(CP(=O)(O)O)c3)cc(OCCOCCOCCOCCOC)c2OCC(C)(C)COC(C)(C)COCCC(=O)O)OC)c1OCC(C)(C)COC(C)(C)COCCC(=O)O. The molecule has 0 saturated heterocycles. The van der Waals surface area contributed by atoms with E-state index in [2.05, 4.69) is 10.6 Å². The third-order valence-corrected chi connectivity index (χ3v) is 21.4. The zero-order valence-electron chi connectivity index (χ0n) is 83.4. The van der Waals surface area contributed by atoms with Gasteiger partial charge in [0, 0.05) is 50.4 Å². The zero-order chi connectivity index (χ0) is 104. The summed E-state index contributed by atoms with van der Waals surface area (Å²) < 4.78 is 200. The van der Waals surface area contributed by atoms with Crippen molar-refractivity contribution < 1.29 is 205 Å². The molecule has 0 radical (unpaired) electrons. The lowest BCUT2D eigenvalue weighted by Gasteiger charge is -2.32. The first-order valence-corrected chi connectivity index (χ1v) is 51.7. The van der Waals surface area contributed by atoms with Crippen molar-refractivity contribution in [2.45, 2.75) is 110 Å². The highest BCUT2D eigenvalue weighted by Gasteiger charge is 2.32. The lowest BCUT2D eigenvalue weighted by atomic mass is 9.95. The van der Waals surface area contributed by atoms with E-state index in [0.717, 1.165) is 0 Å². The highest BCUT2D eigenvalue weighted by molar-refractivity contribution is 7.51. The van der Waals surface area contributed by atoms with Crippen LogP contribution < -0.4 is 48.5 Å². The monoisotopic (exact) mass is 2080 g/mol. The average molecular weight is 2080 g/mol. The molecule has 0 aliphatic rings. The van der Waals surface area contributed by atoms with Crippen molar-refractivity contribution in [3.05, 3.63) is 94.5 Å². The summed E-state index contributed by atoms with van der Waals surface area (Å²) in [4.78, 5) is 108. The van der Waals surface area contributed by atoms with Gasteiger partial charge in [0.15, 0.2) is 23.0 Å². The van der Waals surface area contributed by atoms with Crippen molar-refractivity contribution in [3.63, 3.8) is 0 Å². The fraction of sp³-hybridized carbons (Fsp3) is 0.699. The number of amides is 2. The number of carbonyl (C=O) groups is 4. The van der Waals surface area contributed by atoms with Crippen LogP contribution in [0, 0.1) is 10.8 Å². The lowest BCUT2D eigenvalue weighted by Crippen LogP contribution is -2.38. The van der Waals surface area contributed by atoms with Crippen molar-refractivity contribution in [1.29, 1.82) is 0 Å². The molecule has 45 nitrogen and oxygen atoms in total. The Balaban J connectivity index is 1.35. The first-order valence-electron chi connectivity index (χ1n) is 46.3. The van der Waals surface area contributed by atoms with Gasteiger partial charge in [-0.25, -0.2) is 0 Å². The number of rotatable bonds is 91. The molecule has 4 aromatic carbocycles. The van der Waals surface area contributed by atoms with Crippen molar-refractivity contribution in [2.24, 2.45) is 10.8 Å². The van der Waals surface area contributed by atoms with Gasteiger partial charge >= 0.3 is 34.7 Å². The molecule has 0 aliphatic heterocycles. The molecule has 2 atom stereocenters. The molecular weight excluding hydrogens is 1930 g/mol. The molecule has 808 valence electrons. The lowest BCUT2D eigenvalue weighted by molar-refractivity contribution is -0.141. The molecule has 2 unspecified atom stereocenters. The molecule has 2 amide bonds. The Kier molecular flexibility index (Phi) is 63.8. The van der Waals surface area contributed by atoms with E-state index in [1.165, 1.54) is 56.7 Å². The van der Waals surface area contributed by atoms with Crippen LogP contribution in [0.15, 0.2) is 66.7 Å². The zero-order valence-corrected chi connectivity index (χ0v) is 86.1. The maximum atomic E-state index is 14.1. The molecule has 0 heterocycles. The molecule has 0 spiro atoms. The minimum absolute atomic E-state index is 0.00149. The molecule has 10 N–H and O–H groups in total. The van der Waals surface area contributed by atoms with Crippen molar-refractivity contribution >= 4 is 46.5 Å². The Bertz CT molecular complexity index is 4180. The standard InChI is InChI=1S/C93H153N2O43P3/c1-90(2,67-137-92(5,6)69-127-21-17-84(96)97)65-135-86-78(131-49-45-121-37-33-117-31-29-115-27-25-111-9)56-74(88(100)94-19-23-129-76-15-13-71(14-16-76)62-139(102,103)104)57-79(86)133-51-47-123-39-35-119-41-43-125-60-82(113-11)83(114-12)61-126-44-42-120-36-40-124-48-52-134-81-59-75(89(101)95-20-24-130-77-54-72(63-140(105,106)107)53-73(55-77)64-141(108,109)110)58-80(132-50-46-122-38-34-118-32-30-116-28-26-112-10)87(81)136-66-91(3,4)68-138-93(7,8)70-128-22-18-85(98)99/h13-16,53-59,82-83H,17-52,60-70H2,1-12H3,(H,94,100)(H,95,101)(H,96,97)(H,98,99)(H2,102,103,104)(H2,105,106,107)(H2,108,109,110). The van der Waals surface area contributed by atoms with E-state index in [-0.39, 0.29) is 293 Å². The van der Waals surface area contributed by atoms with Crippen molar-refractivity contribution in [3.8, 4) is 46.0 Å². The number of aliphatic carboxylic acids is 2. The minimum Gasteiger partial charge on any atom is -0.492 e. The van der Waals surface area contributed by atoms with Crippen LogP contribution >= 0.6 is 22.8 Å². The number of carbonyl (C=O) groups excluding carboxylic acids is 2. The topological polar surface area (TPSA) is 564 Å². The fourth-order valence-corrected chi connectivity index (χ4v) is 14.0. The van der Waals surface area contributed by atoms with Gasteiger partial charge in [-0.1, -0.05) is 45.9 Å². The van der Waals surface area contributed by atoms with Gasteiger partial charge in [-0.15, -0.1) is 0 Å². The van der Waals surface area contributed by atoms with Gasteiger partial charge in [-0.2, -0.15) is 0 Å². The number of hydrogen-bond acceptors (Lipinski definition) is 35. The van der Waals surface area contributed by atoms with E-state index in [1.54, 1.807) is 38.5 Å². The quantitative estimate of drug-likeness (QED) is 0.0151. The van der Waals surface area contributed by atoms with E-state index >= 15 is 0 Å². The second kappa shape index (κ2) is 71.4. The molecule has 48 heteroatoms. The highest BCUT2D eigenvalue weighted by atomic mass is 31.2. The Labute approximate surface area is 825 Å². The molecule has 0 aliphatic carbocycles. The summed E-state index contributed by atoms with van der Waals surface area (Å²) in [5, 5.41) is 23.8. The van der Waals surface area contributed by atoms with E-state index < -0.39 is 99.3 Å².